The summed E-state index contributed by atoms with van der Waals surface area (Å²) in [5.41, 5.74) is 5.88. The standard InChI is InChI=1S/C41H35FN4O3/c1-3-27-13-17-29(18-14-27)34-11-7-8-12-35(34)40(48)44-37-24-20-31-25-32(19-23-36(31)43-37)39(47)45-38(30-9-5-4-6-10-30)41(49)46(2)26-28-15-21-33(42)22-16-28/h4-25,38H,3,26H2,1-2H3,(H,45,47)(H,43,44,48)/t38-/m0/s1. The average Bonchev–Trinajstić information content (AvgIpc) is 3.14. The molecule has 2 N–H and O–H groups in total. The zero-order chi connectivity index (χ0) is 34.3. The van der Waals surface area contributed by atoms with Gasteiger partial charge in [-0.05, 0) is 82.8 Å². The van der Waals surface area contributed by atoms with Gasteiger partial charge in [-0.25, -0.2) is 9.37 Å². The Morgan fingerprint density at radius 3 is 2.18 bits per heavy atom. The largest absolute Gasteiger partial charge is 0.339 e. The summed E-state index contributed by atoms with van der Waals surface area (Å²) < 4.78 is 13.4. The van der Waals surface area contributed by atoms with Gasteiger partial charge in [-0.1, -0.05) is 91.9 Å². The molecule has 0 aliphatic heterocycles. The van der Waals surface area contributed by atoms with Crippen molar-refractivity contribution in [2.75, 3.05) is 12.4 Å². The Kier molecular flexibility index (Phi) is 9.85. The molecule has 0 spiro atoms. The second-order valence-electron chi connectivity index (χ2n) is 11.8. The molecular formula is C41H35FN4O3. The van der Waals surface area contributed by atoms with Crippen LogP contribution >= 0.6 is 0 Å². The van der Waals surface area contributed by atoms with Gasteiger partial charge in [0.2, 0.25) is 5.91 Å². The molecule has 1 heterocycles. The zero-order valence-electron chi connectivity index (χ0n) is 27.2. The highest BCUT2D eigenvalue weighted by molar-refractivity contribution is 6.09. The molecule has 6 aromatic rings. The number of fused-ring (bicyclic) bond motifs is 1. The quantitative estimate of drug-likeness (QED) is 0.157. The van der Waals surface area contributed by atoms with E-state index in [4.69, 9.17) is 0 Å². The van der Waals surface area contributed by atoms with E-state index in [1.165, 1.54) is 22.6 Å². The fraction of sp³-hybridized carbons (Fsp3) is 0.122. The third-order valence-corrected chi connectivity index (χ3v) is 8.40. The molecule has 5 aromatic carbocycles. The second-order valence-corrected chi connectivity index (χ2v) is 11.8. The molecule has 3 amide bonds. The lowest BCUT2D eigenvalue weighted by Crippen LogP contribution is -2.41. The summed E-state index contributed by atoms with van der Waals surface area (Å²) in [6.45, 7) is 2.35. The van der Waals surface area contributed by atoms with Crippen molar-refractivity contribution in [1.29, 1.82) is 0 Å². The lowest BCUT2D eigenvalue weighted by atomic mass is 9.98. The Morgan fingerprint density at radius 2 is 1.45 bits per heavy atom. The van der Waals surface area contributed by atoms with Crippen LogP contribution < -0.4 is 10.6 Å². The van der Waals surface area contributed by atoms with E-state index < -0.39 is 11.9 Å². The van der Waals surface area contributed by atoms with Gasteiger partial charge in [0.1, 0.15) is 17.7 Å². The Morgan fingerprint density at radius 1 is 0.755 bits per heavy atom. The first kappa shape index (κ1) is 32.8. The third kappa shape index (κ3) is 7.71. The van der Waals surface area contributed by atoms with Crippen LogP contribution in [0.1, 0.15) is 50.4 Å². The number of anilines is 1. The number of hydrogen-bond acceptors (Lipinski definition) is 4. The third-order valence-electron chi connectivity index (χ3n) is 8.40. The zero-order valence-corrected chi connectivity index (χ0v) is 27.2. The number of pyridine rings is 1. The number of benzene rings is 5. The molecule has 1 aromatic heterocycles. The van der Waals surface area contributed by atoms with Gasteiger partial charge in [0.05, 0.1) is 5.52 Å². The second kappa shape index (κ2) is 14.7. The monoisotopic (exact) mass is 650 g/mol. The summed E-state index contributed by atoms with van der Waals surface area (Å²) in [6, 6.07) is 38.2. The molecule has 244 valence electrons. The molecule has 0 saturated carbocycles. The number of aromatic nitrogens is 1. The number of amides is 3. The van der Waals surface area contributed by atoms with Crippen molar-refractivity contribution in [3.63, 3.8) is 0 Å². The van der Waals surface area contributed by atoms with Gasteiger partial charge in [-0.15, -0.1) is 0 Å². The van der Waals surface area contributed by atoms with Crippen molar-refractivity contribution in [2.45, 2.75) is 25.9 Å². The van der Waals surface area contributed by atoms with E-state index in [-0.39, 0.29) is 24.2 Å². The summed E-state index contributed by atoms with van der Waals surface area (Å²) in [4.78, 5) is 46.7. The predicted molar refractivity (Wildman–Crippen MR) is 190 cm³/mol. The predicted octanol–water partition coefficient (Wildman–Crippen LogP) is 7.99. The maximum atomic E-state index is 13.6. The van der Waals surface area contributed by atoms with Gasteiger partial charge in [0.15, 0.2) is 0 Å². The summed E-state index contributed by atoms with van der Waals surface area (Å²) in [7, 11) is 1.65. The van der Waals surface area contributed by atoms with Crippen molar-refractivity contribution in [3.05, 3.63) is 167 Å². The molecule has 6 rings (SSSR count). The first-order valence-corrected chi connectivity index (χ1v) is 16.0. The number of aryl methyl sites for hydroxylation is 1. The normalized spacial score (nSPS) is 11.5. The smallest absolute Gasteiger partial charge is 0.257 e. The summed E-state index contributed by atoms with van der Waals surface area (Å²) in [5, 5.41) is 6.51. The minimum absolute atomic E-state index is 0.246. The van der Waals surface area contributed by atoms with E-state index in [9.17, 15) is 18.8 Å². The van der Waals surface area contributed by atoms with Crippen molar-refractivity contribution >= 4 is 34.4 Å². The van der Waals surface area contributed by atoms with Crippen molar-refractivity contribution in [1.82, 2.24) is 15.2 Å². The highest BCUT2D eigenvalue weighted by Gasteiger charge is 2.26. The molecule has 8 heteroatoms. The number of carbonyl (C=O) groups excluding carboxylic acids is 3. The van der Waals surface area contributed by atoms with E-state index in [1.54, 1.807) is 67.7 Å². The van der Waals surface area contributed by atoms with Crippen LogP contribution in [0, 0.1) is 5.82 Å². The molecule has 0 aliphatic carbocycles. The maximum Gasteiger partial charge on any atom is 0.257 e. The number of hydrogen-bond donors (Lipinski definition) is 2. The fourth-order valence-electron chi connectivity index (χ4n) is 5.68. The molecular weight excluding hydrogens is 615 g/mol. The van der Waals surface area contributed by atoms with Gasteiger partial charge >= 0.3 is 0 Å². The van der Waals surface area contributed by atoms with Gasteiger partial charge in [-0.3, -0.25) is 14.4 Å². The number of rotatable bonds is 10. The Labute approximate surface area is 284 Å². The molecule has 7 nitrogen and oxygen atoms in total. The lowest BCUT2D eigenvalue weighted by molar-refractivity contribution is -0.132. The molecule has 0 aliphatic rings. The molecule has 49 heavy (non-hydrogen) atoms. The van der Waals surface area contributed by atoms with Gasteiger partial charge in [0, 0.05) is 30.1 Å². The summed E-state index contributed by atoms with van der Waals surface area (Å²) in [5.74, 6) is -0.996. The Balaban J connectivity index is 1.18. The van der Waals surface area contributed by atoms with Crippen LogP contribution in [-0.2, 0) is 17.8 Å². The van der Waals surface area contributed by atoms with E-state index >= 15 is 0 Å². The van der Waals surface area contributed by atoms with Crippen LogP contribution in [0.15, 0.2) is 133 Å². The van der Waals surface area contributed by atoms with Crippen LogP contribution in [0.5, 0.6) is 0 Å². The van der Waals surface area contributed by atoms with E-state index in [1.807, 2.05) is 48.5 Å². The minimum atomic E-state index is -0.946. The minimum Gasteiger partial charge on any atom is -0.339 e. The van der Waals surface area contributed by atoms with Crippen molar-refractivity contribution < 1.29 is 18.8 Å². The van der Waals surface area contributed by atoms with E-state index in [0.717, 1.165) is 23.1 Å². The first-order valence-electron chi connectivity index (χ1n) is 16.0. The maximum absolute atomic E-state index is 13.6. The van der Waals surface area contributed by atoms with Gasteiger partial charge < -0.3 is 15.5 Å². The van der Waals surface area contributed by atoms with Crippen molar-refractivity contribution in [2.24, 2.45) is 0 Å². The molecule has 0 saturated heterocycles. The van der Waals surface area contributed by atoms with E-state index in [0.29, 0.717) is 33.4 Å². The van der Waals surface area contributed by atoms with Crippen LogP contribution in [0.4, 0.5) is 10.2 Å². The van der Waals surface area contributed by atoms with Crippen LogP contribution in [0.3, 0.4) is 0 Å². The number of nitrogens with one attached hydrogen (secondary N) is 2. The SMILES string of the molecule is CCc1ccc(-c2ccccc2C(=O)Nc2ccc3cc(C(=O)N[C@H](C(=O)N(C)Cc4ccc(F)cc4)c4ccccc4)ccc3n2)cc1. The highest BCUT2D eigenvalue weighted by Crippen LogP contribution is 2.26. The summed E-state index contributed by atoms with van der Waals surface area (Å²) in [6.07, 6.45) is 0.938. The molecule has 0 fully saturated rings. The highest BCUT2D eigenvalue weighted by atomic mass is 19.1. The first-order chi connectivity index (χ1) is 23.8. The number of carbonyl (C=O) groups is 3. The fourth-order valence-corrected chi connectivity index (χ4v) is 5.68. The van der Waals surface area contributed by atoms with Gasteiger partial charge in [0.25, 0.3) is 11.8 Å². The summed E-state index contributed by atoms with van der Waals surface area (Å²) >= 11 is 0. The molecule has 0 bridgehead atoms. The van der Waals surface area contributed by atoms with E-state index in [2.05, 4.69) is 34.7 Å². The van der Waals surface area contributed by atoms with Gasteiger partial charge in [-0.2, -0.15) is 0 Å². The Bertz CT molecular complexity index is 2120. The van der Waals surface area contributed by atoms with Crippen LogP contribution in [-0.4, -0.2) is 34.7 Å². The Hall–Kier alpha value is -6.15. The molecule has 0 unspecified atom stereocenters. The number of halogens is 1. The molecule has 0 radical (unpaired) electrons. The lowest BCUT2D eigenvalue weighted by Gasteiger charge is -2.25. The number of likely N-dealkylation sites (N-methyl/N-ethyl adjacent to an activating group) is 1. The van der Waals surface area contributed by atoms with Crippen LogP contribution in [0.25, 0.3) is 22.0 Å². The number of nitrogens with zero attached hydrogens (tertiary/aromatic N) is 2. The van der Waals surface area contributed by atoms with Crippen LogP contribution in [0.2, 0.25) is 0 Å². The van der Waals surface area contributed by atoms with Crippen molar-refractivity contribution in [3.8, 4) is 11.1 Å². The topological polar surface area (TPSA) is 91.4 Å². The average molecular weight is 651 g/mol. The molecule has 1 atom stereocenters.